The van der Waals surface area contributed by atoms with Crippen molar-refractivity contribution >= 4 is 57.7 Å². The van der Waals surface area contributed by atoms with E-state index in [1.807, 2.05) is 0 Å². The lowest BCUT2D eigenvalue weighted by Gasteiger charge is -2.54. The van der Waals surface area contributed by atoms with Crippen LogP contribution in [0.3, 0.4) is 0 Å². The second-order valence-electron chi connectivity index (χ2n) is 16.7. The van der Waals surface area contributed by atoms with E-state index in [2.05, 4.69) is 5.32 Å². The highest BCUT2D eigenvalue weighted by atomic mass is 35.5. The molecule has 1 aromatic heterocycles. The molecule has 3 heterocycles. The zero-order chi connectivity index (χ0) is 47.8. The van der Waals surface area contributed by atoms with E-state index in [1.165, 1.54) is 67.6 Å². The number of rotatable bonds is 9. The van der Waals surface area contributed by atoms with Gasteiger partial charge < -0.3 is 64.4 Å². The zero-order valence-corrected chi connectivity index (χ0v) is 35.8. The van der Waals surface area contributed by atoms with Crippen LogP contribution in [0.5, 0.6) is 17.2 Å². The Kier molecular flexibility index (Phi) is 11.5. The smallest absolute Gasteiger partial charge is 0.364 e. The Labute approximate surface area is 378 Å². The van der Waals surface area contributed by atoms with Gasteiger partial charge in [-0.2, -0.15) is 0 Å². The van der Waals surface area contributed by atoms with Crippen molar-refractivity contribution in [2.45, 2.75) is 99.1 Å². The fourth-order valence-electron chi connectivity index (χ4n) is 9.78. The number of phenols is 2. The first kappa shape index (κ1) is 46.1. The van der Waals surface area contributed by atoms with E-state index in [0.29, 0.717) is 5.57 Å². The van der Waals surface area contributed by atoms with Crippen LogP contribution in [-0.2, 0) is 38.1 Å². The maximum Gasteiger partial charge on any atom is 0.364 e. The Morgan fingerprint density at radius 3 is 2.30 bits per heavy atom. The van der Waals surface area contributed by atoms with Gasteiger partial charge in [0, 0.05) is 55.0 Å². The van der Waals surface area contributed by atoms with E-state index in [1.54, 1.807) is 6.92 Å². The van der Waals surface area contributed by atoms with Crippen LogP contribution in [0.2, 0.25) is 5.02 Å². The molecular weight excluding hydrogens is 891 g/mol. The standard InChI is InChI=1S/C46H42ClNO18/c1-20-16-29(51)45(61)43(60,18-20)19-30(52)44-41(58)33-24(40(57)46(44,45)66-44)13-12-23(36(33)55)27-17-28(38(21(2)62-27)63-22(3)49)64-32(54)11-9-7-5-4-6-8-10-31(53)48-35-37(56)25-14-15-26(50)34(47)39(25)65-42(35)59/h4-16,21,27-28,30,38,41,50,52,55-56,58,60-61H,17-19H2,1-3H3,(H,48,53)/b6-4+,7-5+,10-8+,11-9+/t21-,27-,28-,30?,38-,41?,43?,44?,45?,46?/m1/s1/i42+1. The number of hydrogen-bond acceptors (Lipinski definition) is 18. The number of epoxide rings is 1. The molecule has 10 atom stereocenters. The Morgan fingerprint density at radius 2 is 1.61 bits per heavy atom. The number of benzene rings is 2. The number of Topliss-reactive ketones (excluding diaryl/α,β-unsaturated/α-hetero) is 1. The molecule has 8 N–H and O–H groups in total. The van der Waals surface area contributed by atoms with Gasteiger partial charge in [0.1, 0.15) is 34.3 Å². The average molecular weight is 933 g/mol. The third-order valence-electron chi connectivity index (χ3n) is 12.7. The lowest BCUT2D eigenvalue weighted by molar-refractivity contribution is -0.210. The molecule has 6 unspecified atom stereocenters. The van der Waals surface area contributed by atoms with Gasteiger partial charge in [0.2, 0.25) is 17.3 Å². The van der Waals surface area contributed by atoms with Crippen LogP contribution < -0.4 is 10.9 Å². The van der Waals surface area contributed by atoms with Gasteiger partial charge in [0.05, 0.1) is 23.7 Å². The minimum Gasteiger partial charge on any atom is -0.507 e. The van der Waals surface area contributed by atoms with Crippen molar-refractivity contribution in [3.8, 4) is 17.2 Å². The molecule has 5 aliphatic rings. The number of amides is 1. The molecule has 3 fully saturated rings. The number of anilines is 1. The molecule has 3 aliphatic carbocycles. The third kappa shape index (κ3) is 6.88. The summed E-state index contributed by atoms with van der Waals surface area (Å²) in [4.78, 5) is 77.7. The number of allylic oxidation sites excluding steroid dienone is 6. The normalized spacial score (nSPS) is 32.5. The monoisotopic (exact) mass is 932 g/mol. The molecule has 1 amide bonds. The summed E-state index contributed by atoms with van der Waals surface area (Å²) in [5, 5.41) is 80.8. The van der Waals surface area contributed by atoms with Crippen molar-refractivity contribution in [1.29, 1.82) is 0 Å². The van der Waals surface area contributed by atoms with Crippen molar-refractivity contribution in [3.05, 3.63) is 117 Å². The van der Waals surface area contributed by atoms with Crippen molar-refractivity contribution < 1.29 is 83.1 Å². The summed E-state index contributed by atoms with van der Waals surface area (Å²) in [7, 11) is 0. The van der Waals surface area contributed by atoms with Gasteiger partial charge >= 0.3 is 17.6 Å². The number of aliphatic hydroxyl groups is 4. The maximum atomic E-state index is 14.4. The van der Waals surface area contributed by atoms with Crippen LogP contribution in [0, 0.1) is 0 Å². The summed E-state index contributed by atoms with van der Waals surface area (Å²) in [6.07, 6.45) is 2.51. The van der Waals surface area contributed by atoms with Crippen molar-refractivity contribution in [3.63, 3.8) is 0 Å². The number of nitrogens with one attached hydrogen (secondary N) is 1. The molecule has 0 bridgehead atoms. The number of fused-ring (bicyclic) bond motifs is 3. The molecule has 20 heteroatoms. The summed E-state index contributed by atoms with van der Waals surface area (Å²) >= 11 is 5.94. The predicted octanol–water partition coefficient (Wildman–Crippen LogP) is 3.00. The molecule has 8 rings (SSSR count). The Bertz CT molecular complexity index is 2840. The van der Waals surface area contributed by atoms with E-state index < -0.39 is 118 Å². The summed E-state index contributed by atoms with van der Waals surface area (Å²) in [6.45, 7) is 4.23. The topological polar surface area (TPSA) is 309 Å². The van der Waals surface area contributed by atoms with Gasteiger partial charge in [-0.3, -0.25) is 19.2 Å². The second-order valence-corrected chi connectivity index (χ2v) is 17.1. The van der Waals surface area contributed by atoms with Gasteiger partial charge in [-0.1, -0.05) is 65.8 Å². The van der Waals surface area contributed by atoms with Gasteiger partial charge in [0.25, 0.3) is 0 Å². The van der Waals surface area contributed by atoms with Crippen molar-refractivity contribution in [1.82, 2.24) is 0 Å². The Hall–Kier alpha value is -6.45. The highest BCUT2D eigenvalue weighted by molar-refractivity contribution is 6.36. The van der Waals surface area contributed by atoms with Crippen LogP contribution in [-0.4, -0.2) is 112 Å². The number of halogens is 1. The minimum absolute atomic E-state index is 0.00805. The number of ether oxygens (including phenoxy) is 4. The number of phenolic OH excluding ortho intramolecular Hbond substituents is 2. The SMILES string of the molecule is CC(=O)O[C@@H]1[C@@H](C)O[C@@H](c2ccc3c(c2O)C(O)C24OC2(C3=O)C2(O)C(=O)C=C(C)CC2(O)CC4O)C[C@H]1OC(=O)/C=C/C=C/C=C/C=C/C(=O)Nc1c(O)c2ccc(O)c(Cl)c2o[13c]1=O. The number of carbonyl (C=O) groups excluding carboxylic acids is 5. The van der Waals surface area contributed by atoms with Crippen LogP contribution in [0.1, 0.15) is 73.7 Å². The van der Waals surface area contributed by atoms with E-state index in [4.69, 9.17) is 35.0 Å². The number of aliphatic hydroxyl groups excluding tert-OH is 2. The molecule has 3 aromatic rings. The fourth-order valence-corrected chi connectivity index (χ4v) is 9.99. The molecule has 19 nitrogen and oxygen atoms in total. The average Bonchev–Trinajstić information content (AvgIpc) is 3.98. The van der Waals surface area contributed by atoms with Crippen LogP contribution in [0.25, 0.3) is 11.0 Å². The molecule has 0 spiro atoms. The van der Waals surface area contributed by atoms with E-state index in [-0.39, 0.29) is 51.3 Å². The highest BCUT2D eigenvalue weighted by Crippen LogP contribution is 2.74. The lowest BCUT2D eigenvalue weighted by atomic mass is 9.50. The minimum atomic E-state index is -2.88. The molecule has 0 radical (unpaired) electrons. The van der Waals surface area contributed by atoms with Gasteiger partial charge in [-0.25, -0.2) is 9.59 Å². The van der Waals surface area contributed by atoms with Gasteiger partial charge in [-0.15, -0.1) is 0 Å². The molecule has 1 saturated carbocycles. The van der Waals surface area contributed by atoms with Crippen LogP contribution in [0.15, 0.2) is 93.7 Å². The summed E-state index contributed by atoms with van der Waals surface area (Å²) in [6, 6.07) is 4.95. The summed E-state index contributed by atoms with van der Waals surface area (Å²) < 4.78 is 28.2. The number of aromatic hydroxyl groups is 3. The Balaban J connectivity index is 0.943. The first-order valence-electron chi connectivity index (χ1n) is 20.5. The zero-order valence-electron chi connectivity index (χ0n) is 35.1. The molecule has 66 heavy (non-hydrogen) atoms. The first-order chi connectivity index (χ1) is 31.1. The largest absolute Gasteiger partial charge is 0.507 e. The summed E-state index contributed by atoms with van der Waals surface area (Å²) in [5.74, 6) is -6.08. The number of hydrogen-bond donors (Lipinski definition) is 8. The third-order valence-corrected chi connectivity index (χ3v) is 13.0. The fraction of sp³-hybridized carbons (Fsp3) is 0.348. The quantitative estimate of drug-likeness (QED) is 0.0503. The second kappa shape index (κ2) is 16.5. The molecule has 346 valence electrons. The Morgan fingerprint density at radius 1 is 0.924 bits per heavy atom. The molecule has 2 aliphatic heterocycles. The van der Waals surface area contributed by atoms with E-state index >= 15 is 0 Å². The number of esters is 2. The van der Waals surface area contributed by atoms with Gasteiger partial charge in [0.15, 0.2) is 40.1 Å². The number of carbonyl (C=O) groups is 5. The van der Waals surface area contributed by atoms with Crippen molar-refractivity contribution in [2.75, 3.05) is 5.32 Å². The lowest BCUT2D eigenvalue weighted by Crippen LogP contribution is -2.78. The van der Waals surface area contributed by atoms with E-state index in [0.717, 1.165) is 25.2 Å². The molecule has 2 aromatic carbocycles. The summed E-state index contributed by atoms with van der Waals surface area (Å²) in [5.41, 5.74) is -12.3. The number of ketones is 2. The predicted molar refractivity (Wildman–Crippen MR) is 227 cm³/mol. The van der Waals surface area contributed by atoms with Gasteiger partial charge in [-0.05, 0) is 32.1 Å². The highest BCUT2D eigenvalue weighted by Gasteiger charge is 2.96. The molecule has 2 saturated heterocycles. The van der Waals surface area contributed by atoms with E-state index in [9.17, 15) is 64.5 Å². The maximum absolute atomic E-state index is 14.4. The van der Waals surface area contributed by atoms with Crippen LogP contribution >= 0.6 is 11.6 Å². The molecular formula is C46H42ClNO18. The van der Waals surface area contributed by atoms with Crippen LogP contribution in [0.4, 0.5) is 5.69 Å². The van der Waals surface area contributed by atoms with Crippen molar-refractivity contribution in [2.24, 2.45) is 0 Å². The first-order valence-corrected chi connectivity index (χ1v) is 20.8.